The fourth-order valence-electron chi connectivity index (χ4n) is 2.39. The molecule has 7 heteroatoms. The zero-order valence-corrected chi connectivity index (χ0v) is 15.4. The van der Waals surface area contributed by atoms with E-state index in [-0.39, 0.29) is 27.9 Å². The standard InChI is InChI=1S/C18H20ClFO4S/c1-3-25(22,23)17-6-7-18(12(2)4-5-15(21)11-17)24-16-9-13(19)8-14(20)10-16/h6-10,15,21H,2-5,11H2,1H3/b17-6+,18-7?. The van der Waals surface area contributed by atoms with Gasteiger partial charge in [0.1, 0.15) is 17.3 Å². The van der Waals surface area contributed by atoms with Crippen LogP contribution in [-0.2, 0) is 9.84 Å². The van der Waals surface area contributed by atoms with E-state index in [0.717, 1.165) is 6.07 Å². The van der Waals surface area contributed by atoms with E-state index < -0.39 is 21.8 Å². The van der Waals surface area contributed by atoms with Crippen LogP contribution < -0.4 is 4.74 Å². The molecule has 1 aliphatic rings. The Balaban J connectivity index is 2.40. The second-order valence-electron chi connectivity index (χ2n) is 5.77. The third kappa shape index (κ3) is 5.42. The van der Waals surface area contributed by atoms with Crippen LogP contribution in [0.1, 0.15) is 26.2 Å². The van der Waals surface area contributed by atoms with Gasteiger partial charge in [-0.15, -0.1) is 0 Å². The summed E-state index contributed by atoms with van der Waals surface area (Å²) in [4.78, 5) is 0.135. The van der Waals surface area contributed by atoms with Crippen LogP contribution in [0.4, 0.5) is 4.39 Å². The highest BCUT2D eigenvalue weighted by Crippen LogP contribution is 2.28. The van der Waals surface area contributed by atoms with E-state index >= 15 is 0 Å². The van der Waals surface area contributed by atoms with E-state index in [0.29, 0.717) is 24.2 Å². The summed E-state index contributed by atoms with van der Waals surface area (Å²) in [6.07, 6.45) is 2.92. The first-order valence-corrected chi connectivity index (χ1v) is 9.88. The van der Waals surface area contributed by atoms with Crippen molar-refractivity contribution in [2.75, 3.05) is 5.75 Å². The number of aliphatic hydroxyl groups is 1. The van der Waals surface area contributed by atoms with Crippen molar-refractivity contribution in [3.8, 4) is 5.75 Å². The van der Waals surface area contributed by atoms with Crippen molar-refractivity contribution >= 4 is 21.4 Å². The summed E-state index contributed by atoms with van der Waals surface area (Å²) in [7, 11) is -3.45. The molecule has 0 amide bonds. The lowest BCUT2D eigenvalue weighted by Crippen LogP contribution is -2.14. The van der Waals surface area contributed by atoms with Crippen LogP contribution in [0.15, 0.2) is 53.2 Å². The van der Waals surface area contributed by atoms with Crippen molar-refractivity contribution in [2.24, 2.45) is 0 Å². The van der Waals surface area contributed by atoms with Crippen molar-refractivity contribution in [2.45, 2.75) is 32.3 Å². The first-order chi connectivity index (χ1) is 11.7. The molecule has 0 saturated heterocycles. The fraction of sp³-hybridized carbons (Fsp3) is 0.333. The molecule has 1 unspecified atom stereocenters. The van der Waals surface area contributed by atoms with Gasteiger partial charge in [-0.25, -0.2) is 12.8 Å². The lowest BCUT2D eigenvalue weighted by atomic mass is 10.1. The van der Waals surface area contributed by atoms with Gasteiger partial charge < -0.3 is 9.84 Å². The van der Waals surface area contributed by atoms with Crippen molar-refractivity contribution < 1.29 is 22.7 Å². The minimum atomic E-state index is -3.45. The van der Waals surface area contributed by atoms with Gasteiger partial charge in [-0.1, -0.05) is 25.1 Å². The molecule has 1 N–H and O–H groups in total. The minimum absolute atomic E-state index is 0.0407. The predicted octanol–water partition coefficient (Wildman–Crippen LogP) is 4.16. The Hall–Kier alpha value is -1.63. The normalized spacial score (nSPS) is 21.4. The number of benzene rings is 1. The van der Waals surface area contributed by atoms with Crippen LogP contribution in [0.2, 0.25) is 5.02 Å². The molecule has 0 heterocycles. The van der Waals surface area contributed by atoms with Gasteiger partial charge in [0.25, 0.3) is 0 Å². The average Bonchev–Trinajstić information content (AvgIpc) is 2.59. The van der Waals surface area contributed by atoms with E-state index in [2.05, 4.69) is 6.58 Å². The monoisotopic (exact) mass is 386 g/mol. The molecule has 1 atom stereocenters. The maximum atomic E-state index is 13.5. The van der Waals surface area contributed by atoms with E-state index in [4.69, 9.17) is 16.3 Å². The third-order valence-corrected chi connectivity index (χ3v) is 5.91. The second-order valence-corrected chi connectivity index (χ2v) is 8.54. The van der Waals surface area contributed by atoms with Crippen molar-refractivity contribution in [3.05, 3.63) is 64.0 Å². The van der Waals surface area contributed by atoms with Crippen LogP contribution in [-0.4, -0.2) is 25.4 Å². The molecule has 0 aromatic heterocycles. The molecule has 0 radical (unpaired) electrons. The van der Waals surface area contributed by atoms with Crippen LogP contribution in [0.3, 0.4) is 0 Å². The Labute approximate surface area is 152 Å². The number of sulfone groups is 1. The van der Waals surface area contributed by atoms with Gasteiger partial charge in [-0.3, -0.25) is 0 Å². The Morgan fingerprint density at radius 3 is 2.72 bits per heavy atom. The summed E-state index contributed by atoms with van der Waals surface area (Å²) < 4.78 is 43.5. The Kier molecular flexibility index (Phi) is 6.43. The number of allylic oxidation sites excluding steroid dienone is 3. The SMILES string of the molecule is C=C1CCC(O)C/C(S(=O)(=O)CC)=C\C=C1Oc1cc(F)cc(Cl)c1. The van der Waals surface area contributed by atoms with Crippen LogP contribution >= 0.6 is 11.6 Å². The van der Waals surface area contributed by atoms with Gasteiger partial charge in [0, 0.05) is 22.4 Å². The number of rotatable bonds is 4. The lowest BCUT2D eigenvalue weighted by Gasteiger charge is -2.14. The number of aliphatic hydroxyl groups excluding tert-OH is 1. The van der Waals surface area contributed by atoms with E-state index in [1.165, 1.54) is 24.3 Å². The van der Waals surface area contributed by atoms with Gasteiger partial charge >= 0.3 is 0 Å². The zero-order chi connectivity index (χ0) is 18.6. The highest BCUT2D eigenvalue weighted by atomic mass is 35.5. The van der Waals surface area contributed by atoms with Gasteiger partial charge in [-0.2, -0.15) is 0 Å². The largest absolute Gasteiger partial charge is 0.457 e. The van der Waals surface area contributed by atoms with Crippen LogP contribution in [0.25, 0.3) is 0 Å². The molecule has 0 spiro atoms. The van der Waals surface area contributed by atoms with Crippen LogP contribution in [0, 0.1) is 5.82 Å². The van der Waals surface area contributed by atoms with Gasteiger partial charge in [0.15, 0.2) is 9.84 Å². The molecule has 0 saturated carbocycles. The number of hydrogen-bond donors (Lipinski definition) is 1. The maximum Gasteiger partial charge on any atom is 0.174 e. The number of halogens is 2. The van der Waals surface area contributed by atoms with Gasteiger partial charge in [0.05, 0.1) is 11.9 Å². The van der Waals surface area contributed by atoms with E-state index in [9.17, 15) is 17.9 Å². The highest BCUT2D eigenvalue weighted by Gasteiger charge is 2.21. The Morgan fingerprint density at radius 2 is 2.08 bits per heavy atom. The van der Waals surface area contributed by atoms with Gasteiger partial charge in [-0.05, 0) is 42.7 Å². The van der Waals surface area contributed by atoms with Crippen molar-refractivity contribution in [3.63, 3.8) is 0 Å². The molecular formula is C18H20ClFO4S. The highest BCUT2D eigenvalue weighted by molar-refractivity contribution is 7.95. The number of ether oxygens (including phenoxy) is 1. The Morgan fingerprint density at radius 1 is 1.36 bits per heavy atom. The molecule has 0 aliphatic heterocycles. The molecular weight excluding hydrogens is 367 g/mol. The average molecular weight is 387 g/mol. The summed E-state index contributed by atoms with van der Waals surface area (Å²) in [5, 5.41) is 10.2. The molecule has 0 bridgehead atoms. The molecule has 136 valence electrons. The zero-order valence-electron chi connectivity index (χ0n) is 13.8. The number of hydrogen-bond acceptors (Lipinski definition) is 4. The molecule has 1 aliphatic carbocycles. The maximum absolute atomic E-state index is 13.5. The molecule has 1 aromatic rings. The summed E-state index contributed by atoms with van der Waals surface area (Å²) in [6.45, 7) is 5.46. The lowest BCUT2D eigenvalue weighted by molar-refractivity contribution is 0.166. The first-order valence-electron chi connectivity index (χ1n) is 7.85. The van der Waals surface area contributed by atoms with Gasteiger partial charge in [0.2, 0.25) is 0 Å². The smallest absolute Gasteiger partial charge is 0.174 e. The van der Waals surface area contributed by atoms with Crippen LogP contribution in [0.5, 0.6) is 5.75 Å². The summed E-state index contributed by atoms with van der Waals surface area (Å²) in [6, 6.07) is 3.78. The van der Waals surface area contributed by atoms with E-state index in [1.807, 2.05) is 0 Å². The summed E-state index contributed by atoms with van der Waals surface area (Å²) in [5.74, 6) is -0.113. The van der Waals surface area contributed by atoms with Crippen molar-refractivity contribution in [1.82, 2.24) is 0 Å². The summed E-state index contributed by atoms with van der Waals surface area (Å²) in [5.41, 5.74) is 0.575. The molecule has 1 aromatic carbocycles. The van der Waals surface area contributed by atoms with Crippen molar-refractivity contribution in [1.29, 1.82) is 0 Å². The fourth-order valence-corrected chi connectivity index (χ4v) is 3.69. The molecule has 25 heavy (non-hydrogen) atoms. The quantitative estimate of drug-likeness (QED) is 0.843. The predicted molar refractivity (Wildman–Crippen MR) is 96.7 cm³/mol. The van der Waals surface area contributed by atoms with E-state index in [1.54, 1.807) is 6.92 Å². The molecule has 4 nitrogen and oxygen atoms in total. The minimum Gasteiger partial charge on any atom is -0.457 e. The first kappa shape index (κ1) is 19.7. The second kappa shape index (κ2) is 8.17. The summed E-state index contributed by atoms with van der Waals surface area (Å²) >= 11 is 5.82. The topological polar surface area (TPSA) is 63.6 Å². The molecule has 0 fully saturated rings. The Bertz CT molecular complexity index is 807. The third-order valence-electron chi connectivity index (χ3n) is 3.83. The molecule has 2 rings (SSSR count).